The first-order chi connectivity index (χ1) is 9.56. The van der Waals surface area contributed by atoms with E-state index in [0.29, 0.717) is 5.56 Å². The summed E-state index contributed by atoms with van der Waals surface area (Å²) in [6.45, 7) is 0. The molecule has 0 unspecified atom stereocenters. The summed E-state index contributed by atoms with van der Waals surface area (Å²) in [6.07, 6.45) is 0. The lowest BCUT2D eigenvalue weighted by molar-refractivity contribution is 0.0600. The Morgan fingerprint density at radius 2 is 2.05 bits per heavy atom. The molecule has 0 amide bonds. The smallest absolute Gasteiger partial charge is 0.337 e. The van der Waals surface area contributed by atoms with E-state index in [-0.39, 0.29) is 22.4 Å². The first-order valence-corrected chi connectivity index (χ1v) is 5.68. The van der Waals surface area contributed by atoms with Crippen LogP contribution in [0.5, 0.6) is 5.75 Å². The van der Waals surface area contributed by atoms with Gasteiger partial charge in [0, 0.05) is 5.56 Å². The summed E-state index contributed by atoms with van der Waals surface area (Å²) in [5.41, 5.74) is 0.785. The van der Waals surface area contributed by atoms with E-state index < -0.39 is 11.8 Å². The van der Waals surface area contributed by atoms with Crippen molar-refractivity contribution >= 4 is 5.97 Å². The molecule has 5 heteroatoms. The van der Waals surface area contributed by atoms with Crippen molar-refractivity contribution in [1.29, 1.82) is 5.26 Å². The van der Waals surface area contributed by atoms with Crippen molar-refractivity contribution in [1.82, 2.24) is 0 Å². The number of nitriles is 1. The van der Waals surface area contributed by atoms with Gasteiger partial charge in [-0.1, -0.05) is 6.07 Å². The van der Waals surface area contributed by atoms with Crippen LogP contribution in [-0.4, -0.2) is 18.2 Å². The number of carbonyl (C=O) groups is 1. The summed E-state index contributed by atoms with van der Waals surface area (Å²) in [5, 5.41) is 18.3. The quantitative estimate of drug-likeness (QED) is 0.852. The first-order valence-electron chi connectivity index (χ1n) is 5.68. The Hall–Kier alpha value is -2.87. The largest absolute Gasteiger partial charge is 0.507 e. The molecule has 0 aliphatic rings. The molecule has 2 aromatic carbocycles. The van der Waals surface area contributed by atoms with Crippen LogP contribution in [0.15, 0.2) is 36.4 Å². The number of benzene rings is 2. The molecule has 0 saturated carbocycles. The fourth-order valence-electron chi connectivity index (χ4n) is 1.78. The van der Waals surface area contributed by atoms with Crippen molar-refractivity contribution in [2.75, 3.05) is 7.11 Å². The number of methoxy groups -OCH3 is 1. The molecule has 0 aromatic heterocycles. The van der Waals surface area contributed by atoms with Gasteiger partial charge in [0.25, 0.3) is 0 Å². The predicted molar refractivity (Wildman–Crippen MR) is 69.6 cm³/mol. The average Bonchev–Trinajstić information content (AvgIpc) is 2.47. The van der Waals surface area contributed by atoms with Gasteiger partial charge in [-0.25, -0.2) is 9.18 Å². The molecule has 0 heterocycles. The number of ether oxygens (including phenoxy) is 1. The molecule has 0 spiro atoms. The van der Waals surface area contributed by atoms with Crippen molar-refractivity contribution < 1.29 is 19.0 Å². The average molecular weight is 271 g/mol. The third-order valence-corrected chi connectivity index (χ3v) is 2.82. The van der Waals surface area contributed by atoms with Crippen LogP contribution >= 0.6 is 0 Å². The SMILES string of the molecule is COC(=O)c1ccc(F)c(-c2ccc(O)c(C#N)c2)c1. The van der Waals surface area contributed by atoms with Crippen LogP contribution in [0.2, 0.25) is 0 Å². The molecule has 0 atom stereocenters. The topological polar surface area (TPSA) is 70.3 Å². The standard InChI is InChI=1S/C15H10FNO3/c1-20-15(19)10-2-4-13(16)12(7-10)9-3-5-14(18)11(6-9)8-17/h2-7,18H,1H3. The summed E-state index contributed by atoms with van der Waals surface area (Å²) in [4.78, 5) is 11.4. The zero-order chi connectivity index (χ0) is 14.7. The Morgan fingerprint density at radius 3 is 2.70 bits per heavy atom. The number of hydrogen-bond donors (Lipinski definition) is 1. The maximum absolute atomic E-state index is 13.9. The highest BCUT2D eigenvalue weighted by atomic mass is 19.1. The monoisotopic (exact) mass is 271 g/mol. The lowest BCUT2D eigenvalue weighted by atomic mass is 10.00. The highest BCUT2D eigenvalue weighted by Gasteiger charge is 2.12. The number of nitrogens with zero attached hydrogens (tertiary/aromatic N) is 1. The van der Waals surface area contributed by atoms with Gasteiger partial charge < -0.3 is 9.84 Å². The van der Waals surface area contributed by atoms with Crippen molar-refractivity contribution in [2.45, 2.75) is 0 Å². The van der Waals surface area contributed by atoms with Crippen LogP contribution < -0.4 is 0 Å². The molecule has 2 aromatic rings. The normalized spacial score (nSPS) is 9.85. The molecular weight excluding hydrogens is 261 g/mol. The van der Waals surface area contributed by atoms with Gasteiger partial charge in [-0.2, -0.15) is 5.26 Å². The summed E-state index contributed by atoms with van der Waals surface area (Å²) in [5.74, 6) is -1.29. The van der Waals surface area contributed by atoms with Crippen LogP contribution in [-0.2, 0) is 4.74 Å². The van der Waals surface area contributed by atoms with E-state index >= 15 is 0 Å². The Bertz CT molecular complexity index is 720. The Kier molecular flexibility index (Phi) is 3.67. The number of hydrogen-bond acceptors (Lipinski definition) is 4. The van der Waals surface area contributed by atoms with E-state index in [4.69, 9.17) is 5.26 Å². The number of aromatic hydroxyl groups is 1. The summed E-state index contributed by atoms with van der Waals surface area (Å²) in [7, 11) is 1.24. The number of carbonyl (C=O) groups excluding carboxylic acids is 1. The molecule has 100 valence electrons. The van der Waals surface area contributed by atoms with E-state index in [9.17, 15) is 14.3 Å². The predicted octanol–water partition coefficient (Wildman–Crippen LogP) is 2.86. The van der Waals surface area contributed by atoms with Gasteiger partial charge in [-0.15, -0.1) is 0 Å². The molecule has 0 saturated heterocycles. The Labute approximate surface area is 114 Å². The van der Waals surface area contributed by atoms with Crippen LogP contribution in [0.4, 0.5) is 4.39 Å². The van der Waals surface area contributed by atoms with Gasteiger partial charge in [0.2, 0.25) is 0 Å². The minimum atomic E-state index is -0.578. The fourth-order valence-corrected chi connectivity index (χ4v) is 1.78. The van der Waals surface area contributed by atoms with E-state index in [1.165, 1.54) is 37.4 Å². The molecule has 0 radical (unpaired) electrons. The lowest BCUT2D eigenvalue weighted by Crippen LogP contribution is -2.02. The molecule has 2 rings (SSSR count). The van der Waals surface area contributed by atoms with E-state index in [2.05, 4.69) is 4.74 Å². The fraction of sp³-hybridized carbons (Fsp3) is 0.0667. The van der Waals surface area contributed by atoms with Gasteiger partial charge in [0.05, 0.1) is 18.2 Å². The van der Waals surface area contributed by atoms with Gasteiger partial charge >= 0.3 is 5.97 Å². The van der Waals surface area contributed by atoms with Gasteiger partial charge in [0.1, 0.15) is 17.6 Å². The Balaban J connectivity index is 2.57. The summed E-state index contributed by atoms with van der Waals surface area (Å²) in [6, 6.07) is 9.75. The van der Waals surface area contributed by atoms with Crippen molar-refractivity contribution in [3.63, 3.8) is 0 Å². The number of esters is 1. The molecule has 4 nitrogen and oxygen atoms in total. The molecule has 20 heavy (non-hydrogen) atoms. The number of phenols is 1. The second-order valence-corrected chi connectivity index (χ2v) is 4.03. The minimum absolute atomic E-state index is 0.0328. The highest BCUT2D eigenvalue weighted by molar-refractivity contribution is 5.91. The zero-order valence-corrected chi connectivity index (χ0v) is 10.6. The number of phenolic OH excluding ortho intramolecular Hbond substituents is 1. The van der Waals surface area contributed by atoms with Crippen LogP contribution in [0, 0.1) is 17.1 Å². The van der Waals surface area contributed by atoms with E-state index in [1.807, 2.05) is 6.07 Å². The van der Waals surface area contributed by atoms with Crippen LogP contribution in [0.1, 0.15) is 15.9 Å². The van der Waals surface area contributed by atoms with Crippen LogP contribution in [0.3, 0.4) is 0 Å². The molecular formula is C15H10FNO3. The molecule has 0 bridgehead atoms. The van der Waals surface area contributed by atoms with Gasteiger partial charge in [0.15, 0.2) is 0 Å². The Morgan fingerprint density at radius 1 is 1.30 bits per heavy atom. The zero-order valence-electron chi connectivity index (χ0n) is 10.6. The third kappa shape index (κ3) is 2.45. The third-order valence-electron chi connectivity index (χ3n) is 2.82. The van der Waals surface area contributed by atoms with Gasteiger partial charge in [-0.05, 0) is 35.9 Å². The second-order valence-electron chi connectivity index (χ2n) is 4.03. The maximum Gasteiger partial charge on any atom is 0.337 e. The first kappa shape index (κ1) is 13.6. The number of rotatable bonds is 2. The highest BCUT2D eigenvalue weighted by Crippen LogP contribution is 2.28. The van der Waals surface area contributed by atoms with Crippen molar-refractivity contribution in [3.8, 4) is 22.9 Å². The minimum Gasteiger partial charge on any atom is -0.507 e. The van der Waals surface area contributed by atoms with Crippen LogP contribution in [0.25, 0.3) is 11.1 Å². The summed E-state index contributed by atoms with van der Waals surface area (Å²) >= 11 is 0. The van der Waals surface area contributed by atoms with E-state index in [1.54, 1.807) is 0 Å². The lowest BCUT2D eigenvalue weighted by Gasteiger charge is -2.07. The molecule has 0 aliphatic carbocycles. The second kappa shape index (κ2) is 5.41. The molecule has 0 aliphatic heterocycles. The van der Waals surface area contributed by atoms with E-state index in [0.717, 1.165) is 6.07 Å². The van der Waals surface area contributed by atoms with Crippen molar-refractivity contribution in [3.05, 3.63) is 53.3 Å². The maximum atomic E-state index is 13.9. The number of halogens is 1. The van der Waals surface area contributed by atoms with Gasteiger partial charge in [-0.3, -0.25) is 0 Å². The molecule has 1 N–H and O–H groups in total. The summed E-state index contributed by atoms with van der Waals surface area (Å²) < 4.78 is 18.4. The molecule has 0 fully saturated rings. The van der Waals surface area contributed by atoms with Crippen molar-refractivity contribution in [2.24, 2.45) is 0 Å².